The first kappa shape index (κ1) is 28.7. The van der Waals surface area contributed by atoms with Crippen molar-refractivity contribution in [3.05, 3.63) is 30.0 Å². The summed E-state index contributed by atoms with van der Waals surface area (Å²) in [7, 11) is 3.17. The van der Waals surface area contributed by atoms with Gasteiger partial charge in [-0.3, -0.25) is 19.1 Å². The summed E-state index contributed by atoms with van der Waals surface area (Å²) in [5, 5.41) is 10.0. The third-order valence-corrected chi connectivity index (χ3v) is 6.27. The van der Waals surface area contributed by atoms with E-state index in [4.69, 9.17) is 15.2 Å². The molecule has 1 aromatic carbocycles. The topological polar surface area (TPSA) is 138 Å². The smallest absolute Gasteiger partial charge is 0.272 e. The number of amides is 3. The van der Waals surface area contributed by atoms with E-state index in [1.165, 1.54) is 0 Å². The molecule has 0 aliphatic heterocycles. The normalized spacial score (nSPS) is 11.9. The van der Waals surface area contributed by atoms with Gasteiger partial charge in [0.15, 0.2) is 5.69 Å². The number of aromatic nitrogens is 2. The Hall–Kier alpha value is -3.56. The molecule has 2 rings (SSSR count). The van der Waals surface area contributed by atoms with Crippen LogP contribution in [-0.4, -0.2) is 54.3 Å². The van der Waals surface area contributed by atoms with Gasteiger partial charge in [-0.1, -0.05) is 46.6 Å². The summed E-state index contributed by atoms with van der Waals surface area (Å²) in [6.07, 6.45) is 1.95. The molecule has 0 aliphatic rings. The third-order valence-electron chi connectivity index (χ3n) is 6.27. The number of nitrogens with one attached hydrogen (secondary N) is 2. The standard InChI is InChI=1S/C26H39N5O5/c1-7-17(8-2)15-31-20(25-21(35-5)10-9-11-22(25)36-6)12-19(30-31)26(34)29-18(16(3)4)13-24(33)28-14-23(27)32/h9-12,16-18H,7-8,13-15H2,1-6H3,(H2,27,32)(H,28,33)(H,29,34). The van der Waals surface area contributed by atoms with Crippen molar-refractivity contribution in [2.75, 3.05) is 20.8 Å². The van der Waals surface area contributed by atoms with E-state index in [2.05, 4.69) is 29.6 Å². The fourth-order valence-electron chi connectivity index (χ4n) is 3.92. The van der Waals surface area contributed by atoms with Crippen LogP contribution in [0.25, 0.3) is 11.3 Å². The first-order valence-corrected chi connectivity index (χ1v) is 12.3. The predicted octanol–water partition coefficient (Wildman–Crippen LogP) is 2.75. The predicted molar refractivity (Wildman–Crippen MR) is 138 cm³/mol. The zero-order valence-corrected chi connectivity index (χ0v) is 22.1. The molecule has 10 nitrogen and oxygen atoms in total. The van der Waals surface area contributed by atoms with Crippen molar-refractivity contribution in [2.24, 2.45) is 17.6 Å². The number of methoxy groups -OCH3 is 2. The quantitative estimate of drug-likeness (QED) is 0.364. The van der Waals surface area contributed by atoms with Gasteiger partial charge in [-0.05, 0) is 30.0 Å². The molecule has 1 aromatic heterocycles. The first-order chi connectivity index (χ1) is 17.1. The van der Waals surface area contributed by atoms with E-state index in [1.807, 2.05) is 36.7 Å². The number of nitrogens with two attached hydrogens (primary N) is 1. The Morgan fingerprint density at radius 1 is 1.08 bits per heavy atom. The Kier molecular flexibility index (Phi) is 10.8. The lowest BCUT2D eigenvalue weighted by atomic mass is 10.00. The molecule has 10 heteroatoms. The van der Waals surface area contributed by atoms with Gasteiger partial charge in [0.05, 0.1) is 32.0 Å². The van der Waals surface area contributed by atoms with Gasteiger partial charge in [-0.25, -0.2) is 0 Å². The molecule has 1 unspecified atom stereocenters. The molecule has 0 saturated carbocycles. The van der Waals surface area contributed by atoms with Gasteiger partial charge < -0.3 is 25.8 Å². The number of carbonyl (C=O) groups is 3. The number of nitrogens with zero attached hydrogens (tertiary/aromatic N) is 2. The van der Waals surface area contributed by atoms with Crippen molar-refractivity contribution in [1.82, 2.24) is 20.4 Å². The Balaban J connectivity index is 2.42. The van der Waals surface area contributed by atoms with E-state index in [0.29, 0.717) is 35.2 Å². The minimum absolute atomic E-state index is 0.0122. The fourth-order valence-corrected chi connectivity index (χ4v) is 3.92. The van der Waals surface area contributed by atoms with Gasteiger partial charge in [0, 0.05) is 19.0 Å². The lowest BCUT2D eigenvalue weighted by molar-refractivity contribution is -0.125. The summed E-state index contributed by atoms with van der Waals surface area (Å²) in [5.74, 6) is 0.166. The van der Waals surface area contributed by atoms with Gasteiger partial charge >= 0.3 is 0 Å². The molecule has 1 atom stereocenters. The molecule has 0 fully saturated rings. The van der Waals surface area contributed by atoms with E-state index in [1.54, 1.807) is 20.3 Å². The van der Waals surface area contributed by atoms with E-state index >= 15 is 0 Å². The van der Waals surface area contributed by atoms with Crippen LogP contribution in [0, 0.1) is 11.8 Å². The zero-order chi connectivity index (χ0) is 26.8. The average Bonchev–Trinajstić information content (AvgIpc) is 3.28. The molecule has 0 bridgehead atoms. The minimum atomic E-state index is -0.629. The summed E-state index contributed by atoms with van der Waals surface area (Å²) < 4.78 is 13.0. The lowest BCUT2D eigenvalue weighted by Crippen LogP contribution is -2.43. The maximum Gasteiger partial charge on any atom is 0.272 e. The molecule has 0 saturated heterocycles. The summed E-state index contributed by atoms with van der Waals surface area (Å²) in [6.45, 7) is 8.45. The molecular weight excluding hydrogens is 462 g/mol. The van der Waals surface area contributed by atoms with E-state index in [0.717, 1.165) is 12.8 Å². The molecule has 2 aromatic rings. The molecule has 3 amide bonds. The zero-order valence-electron chi connectivity index (χ0n) is 22.1. The maximum atomic E-state index is 13.3. The van der Waals surface area contributed by atoms with Gasteiger partial charge in [0.2, 0.25) is 11.8 Å². The summed E-state index contributed by atoms with van der Waals surface area (Å²) in [5.41, 5.74) is 6.75. The van der Waals surface area contributed by atoms with Crippen molar-refractivity contribution >= 4 is 17.7 Å². The SMILES string of the molecule is CCC(CC)Cn1nc(C(=O)NC(CC(=O)NCC(N)=O)C(C)C)cc1-c1c(OC)cccc1OC. The Morgan fingerprint density at radius 2 is 1.69 bits per heavy atom. The number of benzene rings is 1. The Bertz CT molecular complexity index is 1020. The highest BCUT2D eigenvalue weighted by Gasteiger charge is 2.25. The highest BCUT2D eigenvalue weighted by atomic mass is 16.5. The second-order valence-corrected chi connectivity index (χ2v) is 9.09. The Labute approximate surface area is 212 Å². The monoisotopic (exact) mass is 501 g/mol. The third kappa shape index (κ3) is 7.47. The van der Waals surface area contributed by atoms with Crippen LogP contribution in [0.1, 0.15) is 57.4 Å². The van der Waals surface area contributed by atoms with Crippen LogP contribution in [0.2, 0.25) is 0 Å². The molecule has 0 spiro atoms. The number of carbonyl (C=O) groups excluding carboxylic acids is 3. The van der Waals surface area contributed by atoms with Crippen LogP contribution in [0.3, 0.4) is 0 Å². The fraction of sp³-hybridized carbons (Fsp3) is 0.538. The number of rotatable bonds is 14. The van der Waals surface area contributed by atoms with Crippen LogP contribution in [0.5, 0.6) is 11.5 Å². The van der Waals surface area contributed by atoms with E-state index in [9.17, 15) is 14.4 Å². The number of hydrogen-bond donors (Lipinski definition) is 3. The summed E-state index contributed by atoms with van der Waals surface area (Å²) in [6, 6.07) is 6.78. The lowest BCUT2D eigenvalue weighted by Gasteiger charge is -2.21. The van der Waals surface area contributed by atoms with Crippen molar-refractivity contribution in [3.63, 3.8) is 0 Å². The highest BCUT2D eigenvalue weighted by Crippen LogP contribution is 2.39. The van der Waals surface area contributed by atoms with Gasteiger partial charge in [0.25, 0.3) is 5.91 Å². The summed E-state index contributed by atoms with van der Waals surface area (Å²) >= 11 is 0. The van der Waals surface area contributed by atoms with Crippen LogP contribution < -0.4 is 25.8 Å². The van der Waals surface area contributed by atoms with Gasteiger partial charge in [-0.15, -0.1) is 0 Å². The van der Waals surface area contributed by atoms with E-state index < -0.39 is 17.9 Å². The van der Waals surface area contributed by atoms with Crippen molar-refractivity contribution in [3.8, 4) is 22.8 Å². The highest BCUT2D eigenvalue weighted by molar-refractivity contribution is 5.94. The van der Waals surface area contributed by atoms with E-state index in [-0.39, 0.29) is 30.5 Å². The van der Waals surface area contributed by atoms with Gasteiger partial charge in [-0.2, -0.15) is 5.10 Å². The molecule has 198 valence electrons. The second-order valence-electron chi connectivity index (χ2n) is 9.09. The minimum Gasteiger partial charge on any atom is -0.496 e. The molecule has 4 N–H and O–H groups in total. The van der Waals surface area contributed by atoms with Crippen molar-refractivity contribution < 1.29 is 23.9 Å². The largest absolute Gasteiger partial charge is 0.496 e. The molecule has 0 radical (unpaired) electrons. The number of hydrogen-bond acceptors (Lipinski definition) is 6. The van der Waals surface area contributed by atoms with Crippen LogP contribution >= 0.6 is 0 Å². The van der Waals surface area contributed by atoms with Gasteiger partial charge in [0.1, 0.15) is 11.5 Å². The van der Waals surface area contributed by atoms with Crippen LogP contribution in [0.4, 0.5) is 0 Å². The molecule has 0 aliphatic carbocycles. The first-order valence-electron chi connectivity index (χ1n) is 12.3. The van der Waals surface area contributed by atoms with Crippen molar-refractivity contribution in [1.29, 1.82) is 0 Å². The Morgan fingerprint density at radius 3 is 2.19 bits per heavy atom. The van der Waals surface area contributed by atoms with Crippen molar-refractivity contribution in [2.45, 2.75) is 59.5 Å². The van der Waals surface area contributed by atoms with Crippen LogP contribution in [0.15, 0.2) is 24.3 Å². The number of primary amides is 1. The maximum absolute atomic E-state index is 13.3. The molecule has 36 heavy (non-hydrogen) atoms. The molecule has 1 heterocycles. The number of ether oxygens (including phenoxy) is 2. The summed E-state index contributed by atoms with van der Waals surface area (Å²) in [4.78, 5) is 36.5. The van der Waals surface area contributed by atoms with Crippen LogP contribution in [-0.2, 0) is 16.1 Å². The average molecular weight is 502 g/mol. The second kappa shape index (κ2) is 13.5. The molecular formula is C26H39N5O5.